The van der Waals surface area contributed by atoms with Gasteiger partial charge in [-0.25, -0.2) is 14.4 Å². The van der Waals surface area contributed by atoms with E-state index in [4.69, 9.17) is 27.9 Å². The van der Waals surface area contributed by atoms with Crippen molar-refractivity contribution < 1.29 is 14.1 Å². The van der Waals surface area contributed by atoms with Gasteiger partial charge in [0.1, 0.15) is 0 Å². The van der Waals surface area contributed by atoms with E-state index < -0.39 is 7.59 Å². The molecule has 0 aromatic heterocycles. The molecule has 1 saturated carbocycles. The molecule has 1 heterocycles. The van der Waals surface area contributed by atoms with E-state index in [1.54, 1.807) is 0 Å². The molecule has 0 spiro atoms. The SMILES string of the molecule is CCOC(=O)C1CCC(NP(=O)(N(CCCl)CCCl)N2CC2)CC1. The fourth-order valence-electron chi connectivity index (χ4n) is 3.19. The highest BCUT2D eigenvalue weighted by Gasteiger charge is 2.44. The second-order valence-electron chi connectivity index (χ2n) is 6.26. The number of carbonyl (C=O) groups is 1. The minimum Gasteiger partial charge on any atom is -0.466 e. The van der Waals surface area contributed by atoms with Gasteiger partial charge < -0.3 is 4.74 Å². The van der Waals surface area contributed by atoms with Crippen molar-refractivity contribution >= 4 is 36.8 Å². The number of nitrogens with zero attached hydrogens (tertiary/aromatic N) is 2. The van der Waals surface area contributed by atoms with Crippen molar-refractivity contribution in [2.75, 3.05) is 44.5 Å². The van der Waals surface area contributed by atoms with Crippen LogP contribution in [-0.4, -0.2) is 65.9 Å². The number of carbonyl (C=O) groups excluding carboxylic acids is 1. The van der Waals surface area contributed by atoms with E-state index in [9.17, 15) is 9.36 Å². The van der Waals surface area contributed by atoms with Crippen LogP contribution in [0, 0.1) is 5.92 Å². The maximum Gasteiger partial charge on any atom is 0.308 e. The van der Waals surface area contributed by atoms with Crippen molar-refractivity contribution in [3.05, 3.63) is 0 Å². The lowest BCUT2D eigenvalue weighted by molar-refractivity contribution is -0.149. The van der Waals surface area contributed by atoms with Crippen LogP contribution in [0.5, 0.6) is 0 Å². The third kappa shape index (κ3) is 5.33. The van der Waals surface area contributed by atoms with E-state index in [0.29, 0.717) is 31.5 Å². The van der Waals surface area contributed by atoms with Crippen molar-refractivity contribution in [1.82, 2.24) is 14.4 Å². The molecule has 1 saturated heterocycles. The summed E-state index contributed by atoms with van der Waals surface area (Å²) in [7, 11) is -2.82. The molecule has 0 bridgehead atoms. The predicted octanol–water partition coefficient (Wildman–Crippen LogP) is 2.90. The summed E-state index contributed by atoms with van der Waals surface area (Å²) in [6.45, 7) is 5.02. The van der Waals surface area contributed by atoms with E-state index >= 15 is 0 Å². The van der Waals surface area contributed by atoms with E-state index in [1.807, 2.05) is 16.3 Å². The van der Waals surface area contributed by atoms with Crippen LogP contribution in [0.25, 0.3) is 0 Å². The number of hydrogen-bond donors (Lipinski definition) is 1. The fourth-order valence-corrected chi connectivity index (χ4v) is 6.63. The Labute approximate surface area is 154 Å². The first kappa shape index (κ1) is 20.5. The topological polar surface area (TPSA) is 61.6 Å². The molecule has 1 unspecified atom stereocenters. The van der Waals surface area contributed by atoms with Crippen LogP contribution in [0.15, 0.2) is 0 Å². The van der Waals surface area contributed by atoms with Gasteiger partial charge >= 0.3 is 5.97 Å². The normalized spacial score (nSPS) is 27.0. The summed E-state index contributed by atoms with van der Waals surface area (Å²) in [5.41, 5.74) is 0. The lowest BCUT2D eigenvalue weighted by Gasteiger charge is -2.37. The summed E-state index contributed by atoms with van der Waals surface area (Å²) in [6, 6.07) is 0.148. The molecule has 9 heteroatoms. The molecule has 24 heavy (non-hydrogen) atoms. The quantitative estimate of drug-likeness (QED) is 0.263. The summed E-state index contributed by atoms with van der Waals surface area (Å²) < 4.78 is 22.6. The Balaban J connectivity index is 1.94. The maximum absolute atomic E-state index is 13.6. The lowest BCUT2D eigenvalue weighted by atomic mass is 9.86. The third-order valence-corrected chi connectivity index (χ3v) is 7.95. The zero-order chi connectivity index (χ0) is 17.6. The van der Waals surface area contributed by atoms with Crippen molar-refractivity contribution in [3.8, 4) is 0 Å². The summed E-state index contributed by atoms with van der Waals surface area (Å²) in [6.07, 6.45) is 3.22. The largest absolute Gasteiger partial charge is 0.466 e. The van der Waals surface area contributed by atoms with Gasteiger partial charge in [0.15, 0.2) is 0 Å². The highest BCUT2D eigenvalue weighted by atomic mass is 35.5. The Kier molecular flexibility index (Phi) is 8.31. The second kappa shape index (κ2) is 9.75. The van der Waals surface area contributed by atoms with E-state index in [2.05, 4.69) is 5.09 Å². The van der Waals surface area contributed by atoms with Crippen LogP contribution in [0.2, 0.25) is 0 Å². The molecule has 140 valence electrons. The Hall–Kier alpha value is 0.160. The minimum atomic E-state index is -2.82. The molecule has 2 fully saturated rings. The summed E-state index contributed by atoms with van der Waals surface area (Å²) in [5, 5.41) is 3.39. The minimum absolute atomic E-state index is 0.0228. The molecule has 0 amide bonds. The first-order valence-corrected chi connectivity index (χ1v) is 11.4. The Morgan fingerprint density at radius 1 is 1.21 bits per heavy atom. The van der Waals surface area contributed by atoms with Gasteiger partial charge in [0.25, 0.3) is 7.59 Å². The standard InChI is InChI=1S/C15H28Cl2N3O3P/c1-2-23-15(21)13-3-5-14(6-4-13)18-24(22,20-11-12-20)19(9-7-16)10-8-17/h13-14H,2-12H2,1H3,(H,18,22). The average molecular weight is 400 g/mol. The average Bonchev–Trinajstić information content (AvgIpc) is 3.41. The van der Waals surface area contributed by atoms with Crippen LogP contribution in [-0.2, 0) is 14.1 Å². The van der Waals surface area contributed by atoms with Gasteiger partial charge in [-0.2, -0.15) is 0 Å². The Morgan fingerprint density at radius 2 is 1.79 bits per heavy atom. The highest BCUT2D eigenvalue weighted by Crippen LogP contribution is 2.54. The van der Waals surface area contributed by atoms with Crippen molar-refractivity contribution in [2.45, 2.75) is 38.6 Å². The Bertz CT molecular complexity index is 451. The molecule has 1 aliphatic heterocycles. The van der Waals surface area contributed by atoms with Gasteiger partial charge in [-0.05, 0) is 32.6 Å². The molecule has 0 aromatic carbocycles. The number of nitrogens with one attached hydrogen (secondary N) is 1. The lowest BCUT2D eigenvalue weighted by Crippen LogP contribution is -2.41. The van der Waals surface area contributed by atoms with Crippen molar-refractivity contribution in [2.24, 2.45) is 5.92 Å². The van der Waals surface area contributed by atoms with Crippen LogP contribution in [0.4, 0.5) is 0 Å². The summed E-state index contributed by atoms with van der Waals surface area (Å²) in [4.78, 5) is 11.8. The Morgan fingerprint density at radius 3 is 2.25 bits per heavy atom. The van der Waals surface area contributed by atoms with Crippen LogP contribution >= 0.6 is 30.8 Å². The third-order valence-electron chi connectivity index (χ3n) is 4.57. The smallest absolute Gasteiger partial charge is 0.308 e. The zero-order valence-corrected chi connectivity index (χ0v) is 16.7. The first-order chi connectivity index (χ1) is 11.5. The highest BCUT2D eigenvalue weighted by molar-refractivity contribution is 7.57. The van der Waals surface area contributed by atoms with Crippen molar-refractivity contribution in [3.63, 3.8) is 0 Å². The van der Waals surface area contributed by atoms with Gasteiger partial charge in [0.05, 0.1) is 12.5 Å². The summed E-state index contributed by atoms with van der Waals surface area (Å²) in [5.74, 6) is 0.722. The predicted molar refractivity (Wildman–Crippen MR) is 97.7 cm³/mol. The van der Waals surface area contributed by atoms with Gasteiger partial charge in [0.2, 0.25) is 0 Å². The number of rotatable bonds is 10. The molecular weight excluding hydrogens is 372 g/mol. The van der Waals surface area contributed by atoms with Gasteiger partial charge in [-0.15, -0.1) is 23.2 Å². The van der Waals surface area contributed by atoms with E-state index in [1.165, 1.54) is 0 Å². The number of ether oxygens (including phenoxy) is 1. The maximum atomic E-state index is 13.6. The van der Waals surface area contributed by atoms with Gasteiger partial charge in [0, 0.05) is 44.0 Å². The van der Waals surface area contributed by atoms with Crippen LogP contribution in [0.3, 0.4) is 0 Å². The second-order valence-corrected chi connectivity index (χ2v) is 9.49. The van der Waals surface area contributed by atoms with E-state index in [-0.39, 0.29) is 17.9 Å². The van der Waals surface area contributed by atoms with Crippen LogP contribution < -0.4 is 5.09 Å². The van der Waals surface area contributed by atoms with Crippen molar-refractivity contribution in [1.29, 1.82) is 0 Å². The molecule has 2 rings (SSSR count). The zero-order valence-electron chi connectivity index (χ0n) is 14.3. The molecule has 1 atom stereocenters. The molecule has 1 N–H and O–H groups in total. The molecule has 0 aromatic rings. The molecule has 2 aliphatic rings. The number of alkyl halides is 2. The summed E-state index contributed by atoms with van der Waals surface area (Å²) >= 11 is 11.8. The number of halogens is 2. The molecule has 1 aliphatic carbocycles. The molecule has 0 radical (unpaired) electrons. The monoisotopic (exact) mass is 399 g/mol. The van der Waals surface area contributed by atoms with E-state index in [0.717, 1.165) is 38.8 Å². The molecule has 6 nitrogen and oxygen atoms in total. The van der Waals surface area contributed by atoms with Crippen LogP contribution in [0.1, 0.15) is 32.6 Å². The number of esters is 1. The van der Waals surface area contributed by atoms with Gasteiger partial charge in [-0.1, -0.05) is 0 Å². The molecular formula is C15H28Cl2N3O3P. The van der Waals surface area contributed by atoms with Gasteiger partial charge in [-0.3, -0.25) is 9.36 Å². The fraction of sp³-hybridized carbons (Fsp3) is 0.933. The number of hydrogen-bond acceptors (Lipinski definition) is 3. The first-order valence-electron chi connectivity index (χ1n) is 8.72.